The average Bonchev–Trinajstić information content (AvgIpc) is 2.99. The van der Waals surface area contributed by atoms with Crippen LogP contribution in [0.25, 0.3) is 11.4 Å². The van der Waals surface area contributed by atoms with Crippen molar-refractivity contribution in [1.82, 2.24) is 20.2 Å². The second-order valence-electron chi connectivity index (χ2n) is 3.69. The highest BCUT2D eigenvalue weighted by Gasteiger charge is 2.27. The zero-order valence-corrected chi connectivity index (χ0v) is 7.94. The predicted octanol–water partition coefficient (Wildman–Crippen LogP) is 1.88. The fourth-order valence-electron chi connectivity index (χ4n) is 1.45. The molecule has 2 aromatic rings. The lowest BCUT2D eigenvalue weighted by Gasteiger charge is -1.92. The Morgan fingerprint density at radius 2 is 2.20 bits per heavy atom. The molecule has 1 saturated carbocycles. The first-order valence-electron chi connectivity index (χ1n) is 4.87. The highest BCUT2D eigenvalue weighted by atomic mass is 19.1. The van der Waals surface area contributed by atoms with Gasteiger partial charge in [0.1, 0.15) is 5.82 Å². The smallest absolute Gasteiger partial charge is 0.212 e. The fraction of sp³-hybridized carbons (Fsp3) is 0.300. The minimum absolute atomic E-state index is 0.489. The van der Waals surface area contributed by atoms with Gasteiger partial charge in [-0.1, -0.05) is 0 Å². The van der Waals surface area contributed by atoms with Crippen molar-refractivity contribution in [1.29, 1.82) is 0 Å². The van der Waals surface area contributed by atoms with Crippen LogP contribution in [0.5, 0.6) is 0 Å². The first kappa shape index (κ1) is 8.52. The Morgan fingerprint density at radius 1 is 1.33 bits per heavy atom. The molecule has 0 amide bonds. The Bertz CT molecular complexity index is 472. The molecule has 0 radical (unpaired) electrons. The summed E-state index contributed by atoms with van der Waals surface area (Å²) in [6.07, 6.45) is 3.79. The van der Waals surface area contributed by atoms with Crippen molar-refractivity contribution >= 4 is 0 Å². The summed E-state index contributed by atoms with van der Waals surface area (Å²) in [6.45, 7) is 0. The van der Waals surface area contributed by atoms with Gasteiger partial charge in [0.15, 0.2) is 5.82 Å². The van der Waals surface area contributed by atoms with Crippen LogP contribution in [-0.2, 0) is 0 Å². The number of pyridine rings is 1. The first-order chi connectivity index (χ1) is 7.33. The van der Waals surface area contributed by atoms with Gasteiger partial charge in [-0.25, -0.2) is 9.97 Å². The molecule has 1 aliphatic carbocycles. The number of hydrogen-bond donors (Lipinski definition) is 1. The molecule has 1 fully saturated rings. The highest BCUT2D eigenvalue weighted by Crippen LogP contribution is 2.38. The molecular formula is C10H9FN4. The number of nitrogens with one attached hydrogen (secondary N) is 1. The van der Waals surface area contributed by atoms with Crippen molar-refractivity contribution in [3.05, 3.63) is 30.1 Å². The Hall–Kier alpha value is -1.78. The minimum Gasteiger partial charge on any atom is -0.262 e. The maximum Gasteiger partial charge on any atom is 0.212 e. The van der Waals surface area contributed by atoms with Crippen LogP contribution in [0, 0.1) is 5.95 Å². The molecule has 2 aromatic heterocycles. The molecule has 15 heavy (non-hydrogen) atoms. The van der Waals surface area contributed by atoms with Crippen LogP contribution < -0.4 is 0 Å². The van der Waals surface area contributed by atoms with Crippen LogP contribution in [-0.4, -0.2) is 20.2 Å². The van der Waals surface area contributed by atoms with Gasteiger partial charge in [0.25, 0.3) is 0 Å². The predicted molar refractivity (Wildman–Crippen MR) is 51.5 cm³/mol. The Morgan fingerprint density at radius 3 is 2.87 bits per heavy atom. The maximum absolute atomic E-state index is 12.6. The standard InChI is InChI=1S/C10H9FN4/c11-8-4-3-7(5-12-8)10-13-9(14-15-10)6-1-2-6/h3-6H,1-2H2,(H,13,14,15). The summed E-state index contributed by atoms with van der Waals surface area (Å²) in [4.78, 5) is 7.91. The molecule has 3 rings (SSSR count). The lowest BCUT2D eigenvalue weighted by molar-refractivity contribution is 0.584. The van der Waals surface area contributed by atoms with Gasteiger partial charge in [-0.3, -0.25) is 5.10 Å². The summed E-state index contributed by atoms with van der Waals surface area (Å²) in [5.74, 6) is 1.56. The number of rotatable bonds is 2. The van der Waals surface area contributed by atoms with E-state index in [-0.39, 0.29) is 0 Å². The minimum atomic E-state index is -0.489. The summed E-state index contributed by atoms with van der Waals surface area (Å²) in [5.41, 5.74) is 0.736. The normalized spacial score (nSPS) is 15.5. The Balaban J connectivity index is 1.93. The second kappa shape index (κ2) is 3.12. The molecule has 76 valence electrons. The van der Waals surface area contributed by atoms with Crippen molar-refractivity contribution in [3.63, 3.8) is 0 Å². The lowest BCUT2D eigenvalue weighted by Crippen LogP contribution is -1.85. The average molecular weight is 204 g/mol. The Kier molecular flexibility index (Phi) is 1.77. The number of aromatic nitrogens is 4. The van der Waals surface area contributed by atoms with Gasteiger partial charge in [-0.05, 0) is 25.0 Å². The number of hydrogen-bond acceptors (Lipinski definition) is 3. The largest absolute Gasteiger partial charge is 0.262 e. The number of aromatic amines is 1. The molecule has 0 aliphatic heterocycles. The fourth-order valence-corrected chi connectivity index (χ4v) is 1.45. The van der Waals surface area contributed by atoms with E-state index in [2.05, 4.69) is 20.2 Å². The molecule has 0 aromatic carbocycles. The molecule has 0 spiro atoms. The third kappa shape index (κ3) is 1.60. The van der Waals surface area contributed by atoms with Crippen molar-refractivity contribution in [2.45, 2.75) is 18.8 Å². The third-order valence-corrected chi connectivity index (χ3v) is 2.45. The van der Waals surface area contributed by atoms with Gasteiger partial charge in [-0.2, -0.15) is 9.49 Å². The van der Waals surface area contributed by atoms with E-state index in [0.717, 1.165) is 11.4 Å². The van der Waals surface area contributed by atoms with Gasteiger partial charge in [-0.15, -0.1) is 0 Å². The van der Waals surface area contributed by atoms with E-state index in [9.17, 15) is 4.39 Å². The van der Waals surface area contributed by atoms with E-state index in [1.54, 1.807) is 6.07 Å². The van der Waals surface area contributed by atoms with Crippen LogP contribution >= 0.6 is 0 Å². The molecule has 5 heteroatoms. The van der Waals surface area contributed by atoms with E-state index in [1.165, 1.54) is 25.1 Å². The van der Waals surface area contributed by atoms with E-state index in [1.807, 2.05) is 0 Å². The van der Waals surface area contributed by atoms with Crippen molar-refractivity contribution in [3.8, 4) is 11.4 Å². The zero-order valence-electron chi connectivity index (χ0n) is 7.94. The summed E-state index contributed by atoms with van der Waals surface area (Å²) in [6, 6.07) is 2.94. The van der Waals surface area contributed by atoms with Gasteiger partial charge >= 0.3 is 0 Å². The molecule has 4 nitrogen and oxygen atoms in total. The van der Waals surface area contributed by atoms with Crippen molar-refractivity contribution in [2.75, 3.05) is 0 Å². The number of nitrogens with zero attached hydrogens (tertiary/aromatic N) is 3. The van der Waals surface area contributed by atoms with Gasteiger partial charge in [0.05, 0.1) is 0 Å². The molecule has 0 saturated heterocycles. The number of halogens is 1. The molecule has 0 bridgehead atoms. The third-order valence-electron chi connectivity index (χ3n) is 2.45. The molecule has 2 heterocycles. The molecule has 1 aliphatic rings. The van der Waals surface area contributed by atoms with Crippen molar-refractivity contribution < 1.29 is 4.39 Å². The topological polar surface area (TPSA) is 54.5 Å². The van der Waals surface area contributed by atoms with Crippen LogP contribution in [0.2, 0.25) is 0 Å². The number of H-pyrrole nitrogens is 1. The van der Waals surface area contributed by atoms with Crippen LogP contribution in [0.1, 0.15) is 24.6 Å². The van der Waals surface area contributed by atoms with Crippen molar-refractivity contribution in [2.24, 2.45) is 0 Å². The summed E-state index contributed by atoms with van der Waals surface area (Å²) in [7, 11) is 0. The van der Waals surface area contributed by atoms with Gasteiger partial charge in [0.2, 0.25) is 5.95 Å². The van der Waals surface area contributed by atoms with Gasteiger partial charge < -0.3 is 0 Å². The molecule has 1 N–H and O–H groups in total. The first-order valence-corrected chi connectivity index (χ1v) is 4.87. The van der Waals surface area contributed by atoms with E-state index in [0.29, 0.717) is 11.7 Å². The lowest BCUT2D eigenvalue weighted by atomic mass is 10.3. The van der Waals surface area contributed by atoms with Crippen LogP contribution in [0.4, 0.5) is 4.39 Å². The van der Waals surface area contributed by atoms with E-state index < -0.39 is 5.95 Å². The SMILES string of the molecule is Fc1ccc(-c2n[nH]c(C3CC3)n2)cn1. The summed E-state index contributed by atoms with van der Waals surface area (Å²) >= 11 is 0. The van der Waals surface area contributed by atoms with E-state index in [4.69, 9.17) is 0 Å². The molecule has 0 unspecified atom stereocenters. The monoisotopic (exact) mass is 204 g/mol. The quantitative estimate of drug-likeness (QED) is 0.760. The van der Waals surface area contributed by atoms with Gasteiger partial charge in [0, 0.05) is 17.7 Å². The summed E-state index contributed by atoms with van der Waals surface area (Å²) in [5, 5.41) is 6.98. The second-order valence-corrected chi connectivity index (χ2v) is 3.69. The highest BCUT2D eigenvalue weighted by molar-refractivity contribution is 5.52. The Labute approximate surface area is 85.6 Å². The van der Waals surface area contributed by atoms with Crippen LogP contribution in [0.15, 0.2) is 18.3 Å². The molecule has 0 atom stereocenters. The van der Waals surface area contributed by atoms with Crippen LogP contribution in [0.3, 0.4) is 0 Å². The van der Waals surface area contributed by atoms with E-state index >= 15 is 0 Å². The summed E-state index contributed by atoms with van der Waals surface area (Å²) < 4.78 is 12.6. The molecular weight excluding hydrogens is 195 g/mol. The zero-order chi connectivity index (χ0) is 10.3. The maximum atomic E-state index is 12.6.